The second-order valence-electron chi connectivity index (χ2n) is 12.7. The molecule has 0 bridgehead atoms. The number of carboxylic acid groups (broad SMARTS) is 1. The number of carbonyl (C=O) groups excluding carboxylic acids is 1. The second-order valence-corrected chi connectivity index (χ2v) is 12.7. The lowest BCUT2D eigenvalue weighted by atomic mass is 9.43. The molecule has 7 nitrogen and oxygen atoms in total. The number of halogens is 1. The minimum atomic E-state index is -2.10. The van der Waals surface area contributed by atoms with Gasteiger partial charge < -0.3 is 25.7 Å². The minimum absolute atomic E-state index is 0.0391. The molecule has 0 aromatic carbocycles. The van der Waals surface area contributed by atoms with E-state index in [0.717, 1.165) is 38.5 Å². The van der Waals surface area contributed by atoms with Crippen LogP contribution in [0, 0.1) is 46.3 Å². The van der Waals surface area contributed by atoms with Gasteiger partial charge in [-0.3, -0.25) is 4.79 Å². The van der Waals surface area contributed by atoms with Crippen molar-refractivity contribution in [3.63, 3.8) is 0 Å². The Balaban J connectivity index is 1.44. The summed E-state index contributed by atoms with van der Waals surface area (Å²) in [6.45, 7) is 6.08. The Morgan fingerprint density at radius 2 is 1.77 bits per heavy atom. The zero-order valence-corrected chi connectivity index (χ0v) is 21.3. The third-order valence-electron chi connectivity index (χ3n) is 11.1. The molecule has 0 radical (unpaired) electrons. The highest BCUT2D eigenvalue weighted by molar-refractivity contribution is 5.78. The Hall–Kier alpha value is -1.25. The Morgan fingerprint density at radius 1 is 1.06 bits per heavy atom. The number of aliphatic hydroxyl groups is 3. The molecule has 12 atom stereocenters. The van der Waals surface area contributed by atoms with Crippen LogP contribution in [0.25, 0.3) is 0 Å². The van der Waals surface area contributed by atoms with Gasteiger partial charge in [-0.05, 0) is 97.7 Å². The van der Waals surface area contributed by atoms with E-state index in [9.17, 15) is 29.3 Å². The monoisotopic (exact) mass is 497 g/mol. The molecule has 1 amide bonds. The zero-order valence-electron chi connectivity index (χ0n) is 21.3. The third-order valence-corrected chi connectivity index (χ3v) is 11.1. The fraction of sp³-hybridized carbons (Fsp3) is 0.926. The lowest BCUT2D eigenvalue weighted by Gasteiger charge is -2.63. The molecule has 4 rings (SSSR count). The number of amides is 1. The average molecular weight is 498 g/mol. The predicted molar refractivity (Wildman–Crippen MR) is 128 cm³/mol. The Morgan fingerprint density at radius 3 is 2.46 bits per heavy atom. The molecule has 4 unspecified atom stereocenters. The number of alkyl halides is 1. The van der Waals surface area contributed by atoms with Crippen LogP contribution in [0.4, 0.5) is 4.39 Å². The Kier molecular flexibility index (Phi) is 7.58. The molecule has 0 saturated heterocycles. The number of hydrogen-bond donors (Lipinski definition) is 5. The summed E-state index contributed by atoms with van der Waals surface area (Å²) in [7, 11) is 0. The van der Waals surface area contributed by atoms with Crippen LogP contribution in [0.1, 0.15) is 78.6 Å². The maximum Gasteiger partial charge on any atom is 0.340 e. The predicted octanol–water partition coefficient (Wildman–Crippen LogP) is 2.90. The quantitative estimate of drug-likeness (QED) is 0.368. The lowest BCUT2D eigenvalue weighted by molar-refractivity contribution is -0.207. The van der Waals surface area contributed by atoms with Crippen molar-refractivity contribution >= 4 is 11.9 Å². The maximum atomic E-state index is 13.3. The largest absolute Gasteiger partial charge is 0.479 e. The van der Waals surface area contributed by atoms with E-state index in [1.807, 2.05) is 0 Å². The number of rotatable bonds is 7. The molecule has 4 aliphatic rings. The van der Waals surface area contributed by atoms with E-state index in [4.69, 9.17) is 5.11 Å². The summed E-state index contributed by atoms with van der Waals surface area (Å²) in [5.41, 5.74) is -0.291. The normalized spacial score (nSPS) is 46.6. The average Bonchev–Trinajstić information content (AvgIpc) is 3.16. The smallest absolute Gasteiger partial charge is 0.340 e. The van der Waals surface area contributed by atoms with E-state index >= 15 is 0 Å². The van der Waals surface area contributed by atoms with Crippen LogP contribution in [0.3, 0.4) is 0 Å². The van der Waals surface area contributed by atoms with Crippen LogP contribution >= 0.6 is 0 Å². The van der Waals surface area contributed by atoms with Crippen LogP contribution in [0.15, 0.2) is 0 Å². The second kappa shape index (κ2) is 9.90. The molecule has 0 heterocycles. The summed E-state index contributed by atoms with van der Waals surface area (Å²) in [4.78, 5) is 22.8. The van der Waals surface area contributed by atoms with Crippen molar-refractivity contribution in [3.05, 3.63) is 0 Å². The molecular formula is C27H44FNO6. The first-order valence-corrected chi connectivity index (χ1v) is 13.6. The van der Waals surface area contributed by atoms with E-state index < -0.39 is 30.9 Å². The molecule has 4 aliphatic carbocycles. The summed E-state index contributed by atoms with van der Waals surface area (Å²) >= 11 is 0. The van der Waals surface area contributed by atoms with Crippen LogP contribution in [-0.2, 0) is 9.59 Å². The standard InChI is InChI=1S/C27H44FNO6/c1-14(4-7-23(33)29-13-20(28)25(34)35)17-5-6-18-24-19(12-22(32)27(17,18)3)26(2)9-8-16(30)10-15(26)11-21(24)31/h14-22,24,30-32H,4-13H2,1-3H3,(H,29,33)(H,34,35)/t14-,15+,16-,17-,18?,19?,20?,21-,22+,24?,26+,27-/m1/s1. The lowest BCUT2D eigenvalue weighted by Crippen LogP contribution is -2.62. The fourth-order valence-corrected chi connectivity index (χ4v) is 9.07. The van der Waals surface area contributed by atoms with Crippen molar-refractivity contribution in [2.24, 2.45) is 46.3 Å². The fourth-order valence-electron chi connectivity index (χ4n) is 9.07. The van der Waals surface area contributed by atoms with Gasteiger partial charge in [-0.15, -0.1) is 0 Å². The Labute approximate surface area is 207 Å². The molecule has 0 aromatic rings. The van der Waals surface area contributed by atoms with E-state index in [1.54, 1.807) is 0 Å². The van der Waals surface area contributed by atoms with Crippen molar-refractivity contribution in [1.29, 1.82) is 0 Å². The van der Waals surface area contributed by atoms with Gasteiger partial charge in [0.15, 0.2) is 0 Å². The van der Waals surface area contributed by atoms with E-state index in [-0.39, 0.29) is 58.9 Å². The minimum Gasteiger partial charge on any atom is -0.479 e. The Bertz CT molecular complexity index is 811. The number of aliphatic hydroxyl groups excluding tert-OH is 3. The number of carbonyl (C=O) groups is 2. The SMILES string of the molecule is C[C@H](CCC(=O)NCC(F)C(=O)O)[C@H]1CCC2C3C(C[C@H](O)[C@@]21C)[C@@]1(C)CC[C@@H](O)C[C@H]1C[C@H]3O. The van der Waals surface area contributed by atoms with Gasteiger partial charge in [0.1, 0.15) is 0 Å². The van der Waals surface area contributed by atoms with Gasteiger partial charge in [0, 0.05) is 6.42 Å². The molecule has 5 N–H and O–H groups in total. The first-order valence-electron chi connectivity index (χ1n) is 13.6. The first kappa shape index (κ1) is 26.8. The van der Waals surface area contributed by atoms with E-state index in [2.05, 4.69) is 26.1 Å². The molecule has 0 aliphatic heterocycles. The highest BCUT2D eigenvalue weighted by atomic mass is 19.1. The molecule has 35 heavy (non-hydrogen) atoms. The van der Waals surface area contributed by atoms with Gasteiger partial charge in [0.2, 0.25) is 12.1 Å². The van der Waals surface area contributed by atoms with Crippen molar-refractivity contribution in [3.8, 4) is 0 Å². The number of carboxylic acids is 1. The van der Waals surface area contributed by atoms with Crippen LogP contribution in [0.2, 0.25) is 0 Å². The molecule has 4 fully saturated rings. The van der Waals surface area contributed by atoms with Crippen molar-refractivity contribution < 1.29 is 34.4 Å². The highest BCUT2D eigenvalue weighted by Crippen LogP contribution is 2.68. The summed E-state index contributed by atoms with van der Waals surface area (Å²) in [5, 5.41) is 44.2. The number of nitrogens with one attached hydrogen (secondary N) is 1. The van der Waals surface area contributed by atoms with Crippen molar-refractivity contribution in [1.82, 2.24) is 5.32 Å². The van der Waals surface area contributed by atoms with E-state index in [0.29, 0.717) is 18.8 Å². The molecule has 8 heteroatoms. The molecule has 200 valence electrons. The zero-order chi connectivity index (χ0) is 25.7. The first-order chi connectivity index (χ1) is 16.4. The van der Waals surface area contributed by atoms with E-state index in [1.165, 1.54) is 0 Å². The molecule has 0 aromatic heterocycles. The molecule has 4 saturated carbocycles. The van der Waals surface area contributed by atoms with Crippen LogP contribution < -0.4 is 5.32 Å². The maximum absolute atomic E-state index is 13.3. The highest BCUT2D eigenvalue weighted by Gasteiger charge is 2.65. The van der Waals surface area contributed by atoms with Gasteiger partial charge in [-0.2, -0.15) is 0 Å². The van der Waals surface area contributed by atoms with Crippen molar-refractivity contribution in [2.75, 3.05) is 6.54 Å². The van der Waals surface area contributed by atoms with Gasteiger partial charge in [-0.1, -0.05) is 20.8 Å². The van der Waals surface area contributed by atoms with Crippen molar-refractivity contribution in [2.45, 2.75) is 103 Å². The van der Waals surface area contributed by atoms with Crippen LogP contribution in [0.5, 0.6) is 0 Å². The number of aliphatic carboxylic acids is 1. The summed E-state index contributed by atoms with van der Waals surface area (Å²) in [6, 6.07) is 0. The van der Waals surface area contributed by atoms with Gasteiger partial charge >= 0.3 is 5.97 Å². The van der Waals surface area contributed by atoms with Gasteiger partial charge in [-0.25, -0.2) is 9.18 Å². The number of fused-ring (bicyclic) bond motifs is 5. The number of hydrogen-bond acceptors (Lipinski definition) is 5. The summed E-state index contributed by atoms with van der Waals surface area (Å²) < 4.78 is 13.3. The summed E-state index contributed by atoms with van der Waals surface area (Å²) in [6.07, 6.45) is 3.28. The summed E-state index contributed by atoms with van der Waals surface area (Å²) in [5.74, 6) is -0.642. The van der Waals surface area contributed by atoms with Gasteiger partial charge in [0.25, 0.3) is 0 Å². The topological polar surface area (TPSA) is 127 Å². The third kappa shape index (κ3) is 4.63. The van der Waals surface area contributed by atoms with Gasteiger partial charge in [0.05, 0.1) is 24.9 Å². The van der Waals surface area contributed by atoms with Crippen LogP contribution in [-0.4, -0.2) is 63.3 Å². The molecule has 0 spiro atoms. The molecular weight excluding hydrogens is 453 g/mol.